The van der Waals surface area contributed by atoms with Crippen molar-refractivity contribution in [2.45, 2.75) is 9.79 Å². The average Bonchev–Trinajstić information content (AvgIpc) is 2.55. The second kappa shape index (κ2) is 6.59. The highest BCUT2D eigenvalue weighted by Gasteiger charge is 2.17. The van der Waals surface area contributed by atoms with E-state index in [1.165, 1.54) is 49.5 Å². The Labute approximate surface area is 139 Å². The van der Waals surface area contributed by atoms with Gasteiger partial charge >= 0.3 is 5.97 Å². The maximum atomic E-state index is 12.3. The van der Waals surface area contributed by atoms with E-state index in [0.717, 1.165) is 6.07 Å². The second-order valence-electron chi connectivity index (χ2n) is 4.67. The molecule has 3 N–H and O–H groups in total. The fourth-order valence-electron chi connectivity index (χ4n) is 1.83. The fourth-order valence-corrected chi connectivity index (χ4v) is 3.66. The van der Waals surface area contributed by atoms with Gasteiger partial charge in [0.15, 0.2) is 0 Å². The van der Waals surface area contributed by atoms with Gasteiger partial charge in [-0.1, -0.05) is 6.07 Å². The summed E-state index contributed by atoms with van der Waals surface area (Å²) >= 11 is 0. The van der Waals surface area contributed by atoms with Crippen LogP contribution in [0.4, 0.5) is 5.69 Å². The first kappa shape index (κ1) is 17.9. The quantitative estimate of drug-likeness (QED) is 0.698. The monoisotopic (exact) mass is 370 g/mol. The minimum absolute atomic E-state index is 0.0131. The molecule has 0 amide bonds. The first-order valence-corrected chi connectivity index (χ1v) is 9.52. The van der Waals surface area contributed by atoms with Crippen molar-refractivity contribution in [3.8, 4) is 0 Å². The van der Waals surface area contributed by atoms with Gasteiger partial charge in [0.2, 0.25) is 10.0 Å². The van der Waals surface area contributed by atoms with Crippen LogP contribution in [-0.2, 0) is 20.0 Å². The van der Waals surface area contributed by atoms with Gasteiger partial charge in [0.25, 0.3) is 10.0 Å². The van der Waals surface area contributed by atoms with E-state index in [1.54, 1.807) is 0 Å². The van der Waals surface area contributed by atoms with Crippen LogP contribution in [0.3, 0.4) is 0 Å². The van der Waals surface area contributed by atoms with Crippen molar-refractivity contribution in [1.82, 2.24) is 4.72 Å². The zero-order valence-electron chi connectivity index (χ0n) is 12.4. The molecule has 0 aliphatic heterocycles. The number of aromatic carboxylic acids is 1. The van der Waals surface area contributed by atoms with Gasteiger partial charge in [-0.25, -0.2) is 26.4 Å². The normalized spacial score (nSPS) is 11.9. The largest absolute Gasteiger partial charge is 0.478 e. The number of carboxylic acids is 1. The summed E-state index contributed by atoms with van der Waals surface area (Å²) in [6.45, 7) is 0. The Morgan fingerprint density at radius 2 is 1.54 bits per heavy atom. The molecule has 0 aromatic heterocycles. The highest BCUT2D eigenvalue weighted by atomic mass is 32.2. The van der Waals surface area contributed by atoms with Gasteiger partial charge in [-0.15, -0.1) is 0 Å². The summed E-state index contributed by atoms with van der Waals surface area (Å²) in [5.74, 6) is -1.24. The van der Waals surface area contributed by atoms with Gasteiger partial charge < -0.3 is 5.11 Å². The predicted octanol–water partition coefficient (Wildman–Crippen LogP) is 1.09. The van der Waals surface area contributed by atoms with Crippen molar-refractivity contribution in [1.29, 1.82) is 0 Å². The zero-order valence-corrected chi connectivity index (χ0v) is 14.1. The van der Waals surface area contributed by atoms with E-state index in [-0.39, 0.29) is 21.0 Å². The van der Waals surface area contributed by atoms with E-state index in [2.05, 4.69) is 9.44 Å². The maximum absolute atomic E-state index is 12.3. The molecule has 0 saturated carbocycles. The van der Waals surface area contributed by atoms with Crippen LogP contribution in [0.15, 0.2) is 58.3 Å². The zero-order chi connectivity index (χ0) is 18.0. The van der Waals surface area contributed by atoms with Crippen LogP contribution in [0.25, 0.3) is 0 Å². The molecule has 2 rings (SSSR count). The van der Waals surface area contributed by atoms with E-state index in [9.17, 15) is 21.6 Å². The lowest BCUT2D eigenvalue weighted by Crippen LogP contribution is -2.18. The summed E-state index contributed by atoms with van der Waals surface area (Å²) in [6, 6.07) is 9.97. The smallest absolute Gasteiger partial charge is 0.335 e. The van der Waals surface area contributed by atoms with Gasteiger partial charge in [0.1, 0.15) is 0 Å². The lowest BCUT2D eigenvalue weighted by atomic mass is 10.2. The molecule has 0 fully saturated rings. The number of carbonyl (C=O) groups is 1. The standard InChI is InChI=1S/C14H14N2O6S2/c1-15-23(19,20)12-7-5-11(6-8-12)16-24(21,22)13-4-2-3-10(9-13)14(17)18/h2-9,15-16H,1H3,(H,17,18). The molecule has 0 bridgehead atoms. The molecule has 128 valence electrons. The average molecular weight is 370 g/mol. The first-order chi connectivity index (χ1) is 11.2. The van der Waals surface area contributed by atoms with Crippen molar-refractivity contribution in [2.75, 3.05) is 11.8 Å². The topological polar surface area (TPSA) is 130 Å². The molecule has 0 heterocycles. The second-order valence-corrected chi connectivity index (χ2v) is 8.24. The Morgan fingerprint density at radius 3 is 2.08 bits per heavy atom. The molecule has 0 saturated heterocycles. The first-order valence-electron chi connectivity index (χ1n) is 6.55. The number of hydrogen-bond donors (Lipinski definition) is 3. The number of rotatable bonds is 6. The number of nitrogens with one attached hydrogen (secondary N) is 2. The van der Waals surface area contributed by atoms with Crippen LogP contribution in [-0.4, -0.2) is 35.0 Å². The summed E-state index contributed by atoms with van der Waals surface area (Å²) in [5.41, 5.74) is -0.0147. The number of carboxylic acid groups (broad SMARTS) is 1. The predicted molar refractivity (Wildman–Crippen MR) is 86.9 cm³/mol. The molecule has 8 nitrogen and oxygen atoms in total. The van der Waals surface area contributed by atoms with E-state index >= 15 is 0 Å². The van der Waals surface area contributed by atoms with Gasteiger partial charge in [-0.2, -0.15) is 0 Å². The third kappa shape index (κ3) is 3.91. The molecule has 0 atom stereocenters. The van der Waals surface area contributed by atoms with Crippen molar-refractivity contribution in [3.63, 3.8) is 0 Å². The van der Waals surface area contributed by atoms with Crippen molar-refractivity contribution >= 4 is 31.7 Å². The Hall–Kier alpha value is -2.43. The third-order valence-electron chi connectivity index (χ3n) is 3.08. The summed E-state index contributed by atoms with van der Waals surface area (Å²) in [6.07, 6.45) is 0. The molecule has 2 aromatic carbocycles. The number of sulfonamides is 2. The molecule has 10 heteroatoms. The van der Waals surface area contributed by atoms with Gasteiger partial charge in [-0.05, 0) is 49.5 Å². The molecule has 0 spiro atoms. The summed E-state index contributed by atoms with van der Waals surface area (Å²) in [7, 11) is -6.35. The Bertz CT molecular complexity index is 967. The minimum atomic E-state index is -4.00. The van der Waals surface area contributed by atoms with Crippen LogP contribution in [0, 0.1) is 0 Å². The maximum Gasteiger partial charge on any atom is 0.335 e. The van der Waals surface area contributed by atoms with Crippen molar-refractivity contribution < 1.29 is 26.7 Å². The molecule has 0 unspecified atom stereocenters. The van der Waals surface area contributed by atoms with E-state index in [4.69, 9.17) is 5.11 Å². The van der Waals surface area contributed by atoms with Crippen LogP contribution in [0.5, 0.6) is 0 Å². The highest BCUT2D eigenvalue weighted by molar-refractivity contribution is 7.92. The molecule has 24 heavy (non-hydrogen) atoms. The van der Waals surface area contributed by atoms with Crippen molar-refractivity contribution in [3.05, 3.63) is 54.1 Å². The van der Waals surface area contributed by atoms with E-state index in [1.807, 2.05) is 0 Å². The summed E-state index contributed by atoms with van der Waals surface area (Å²) < 4.78 is 52.2. The Kier molecular flexibility index (Phi) is 4.92. The molecule has 0 aliphatic rings. The summed E-state index contributed by atoms with van der Waals surface area (Å²) in [4.78, 5) is 10.7. The minimum Gasteiger partial charge on any atom is -0.478 e. The number of anilines is 1. The Balaban J connectivity index is 2.30. The van der Waals surface area contributed by atoms with Gasteiger partial charge in [0.05, 0.1) is 15.4 Å². The lowest BCUT2D eigenvalue weighted by molar-refractivity contribution is 0.0696. The van der Waals surface area contributed by atoms with Gasteiger partial charge in [0, 0.05) is 5.69 Å². The van der Waals surface area contributed by atoms with Gasteiger partial charge in [-0.3, -0.25) is 4.72 Å². The number of benzene rings is 2. The molecular formula is C14H14N2O6S2. The van der Waals surface area contributed by atoms with Crippen LogP contribution >= 0.6 is 0 Å². The number of hydrogen-bond acceptors (Lipinski definition) is 5. The van der Waals surface area contributed by atoms with E-state index < -0.39 is 26.0 Å². The Morgan fingerprint density at radius 1 is 0.917 bits per heavy atom. The molecule has 2 aromatic rings. The molecule has 0 radical (unpaired) electrons. The highest BCUT2D eigenvalue weighted by Crippen LogP contribution is 2.19. The third-order valence-corrected chi connectivity index (χ3v) is 5.89. The van der Waals surface area contributed by atoms with Crippen LogP contribution in [0.2, 0.25) is 0 Å². The van der Waals surface area contributed by atoms with Crippen LogP contribution in [0.1, 0.15) is 10.4 Å². The molecule has 0 aliphatic carbocycles. The SMILES string of the molecule is CNS(=O)(=O)c1ccc(NS(=O)(=O)c2cccc(C(=O)O)c2)cc1. The van der Waals surface area contributed by atoms with E-state index in [0.29, 0.717) is 0 Å². The molecular weight excluding hydrogens is 356 g/mol. The lowest BCUT2D eigenvalue weighted by Gasteiger charge is -2.09. The fraction of sp³-hybridized carbons (Fsp3) is 0.0714. The van der Waals surface area contributed by atoms with Crippen molar-refractivity contribution in [2.24, 2.45) is 0 Å². The van der Waals surface area contributed by atoms with Crippen LogP contribution < -0.4 is 9.44 Å². The summed E-state index contributed by atoms with van der Waals surface area (Å²) in [5, 5.41) is 8.92.